The van der Waals surface area contributed by atoms with E-state index in [1.165, 1.54) is 0 Å². The fourth-order valence-corrected chi connectivity index (χ4v) is 1.14. The highest BCUT2D eigenvalue weighted by molar-refractivity contribution is 6.01. The Morgan fingerprint density at radius 2 is 2.00 bits per heavy atom. The molecule has 0 aliphatic carbocycles. The van der Waals surface area contributed by atoms with Gasteiger partial charge in [-0.1, -0.05) is 12.0 Å². The van der Waals surface area contributed by atoms with Crippen molar-refractivity contribution in [3.8, 4) is 0 Å². The molecule has 1 fully saturated rings. The van der Waals surface area contributed by atoms with E-state index < -0.39 is 24.3 Å². The predicted molar refractivity (Wildman–Crippen MR) is 48.5 cm³/mol. The Kier molecular flexibility index (Phi) is 4.21. The Balaban J connectivity index is 2.39. The van der Waals surface area contributed by atoms with Crippen molar-refractivity contribution in [2.75, 3.05) is 0 Å². The van der Waals surface area contributed by atoms with Crippen LogP contribution < -0.4 is 0 Å². The molecule has 16 heavy (non-hydrogen) atoms. The molecule has 1 heterocycles. The summed E-state index contributed by atoms with van der Waals surface area (Å²) in [5.41, 5.74) is 0. The maximum atomic E-state index is 12.8. The average molecular weight is 233 g/mol. The van der Waals surface area contributed by atoms with Crippen LogP contribution >= 0.6 is 0 Å². The second-order valence-electron chi connectivity index (χ2n) is 3.24. The third kappa shape index (κ3) is 3.18. The minimum absolute atomic E-state index is 0.0138. The normalized spacial score (nSPS) is 17.5. The zero-order chi connectivity index (χ0) is 12.1. The number of ether oxygens (including phenoxy) is 1. The molecule has 1 rings (SSSR count). The van der Waals surface area contributed by atoms with Gasteiger partial charge < -0.3 is 4.74 Å². The molecule has 1 saturated heterocycles. The summed E-state index contributed by atoms with van der Waals surface area (Å²) in [7, 11) is 0. The van der Waals surface area contributed by atoms with Crippen molar-refractivity contribution in [3.05, 3.63) is 0 Å². The number of nitrogens with zero attached hydrogens (tertiary/aromatic N) is 1. The first-order chi connectivity index (χ1) is 7.54. The van der Waals surface area contributed by atoms with E-state index in [0.717, 1.165) is 0 Å². The van der Waals surface area contributed by atoms with E-state index in [2.05, 4.69) is 9.57 Å². The van der Waals surface area contributed by atoms with Crippen molar-refractivity contribution < 1.29 is 28.3 Å². The number of imide groups is 1. The first kappa shape index (κ1) is 12.4. The molecule has 1 aliphatic heterocycles. The van der Waals surface area contributed by atoms with Crippen LogP contribution in [0.3, 0.4) is 0 Å². The first-order valence-electron chi connectivity index (χ1n) is 4.93. The van der Waals surface area contributed by atoms with Crippen molar-refractivity contribution >= 4 is 18.0 Å². The molecule has 0 saturated carbocycles. The van der Waals surface area contributed by atoms with Gasteiger partial charge in [0.25, 0.3) is 11.8 Å². The number of hydroxylamine groups is 2. The molecule has 0 spiro atoms. The van der Waals surface area contributed by atoms with Crippen LogP contribution in [0.1, 0.15) is 32.6 Å². The summed E-state index contributed by atoms with van der Waals surface area (Å²) in [5.74, 6) is -1.26. The lowest BCUT2D eigenvalue weighted by molar-refractivity contribution is -0.181. The van der Waals surface area contributed by atoms with E-state index in [0.29, 0.717) is 11.5 Å². The lowest BCUT2D eigenvalue weighted by atomic mass is 10.3. The van der Waals surface area contributed by atoms with E-state index in [1.807, 2.05) is 0 Å². The van der Waals surface area contributed by atoms with Gasteiger partial charge in [0.05, 0.1) is 0 Å². The molecule has 0 N–H and O–H groups in total. The summed E-state index contributed by atoms with van der Waals surface area (Å²) in [6.45, 7) is 1.72. The number of amides is 2. The maximum absolute atomic E-state index is 12.8. The van der Waals surface area contributed by atoms with Gasteiger partial charge in [-0.15, -0.1) is 0 Å². The lowest BCUT2D eigenvalue weighted by Gasteiger charge is -2.13. The predicted octanol–water partition coefficient (Wildman–Crippen LogP) is 1.30. The van der Waals surface area contributed by atoms with Crippen molar-refractivity contribution in [1.29, 1.82) is 0 Å². The maximum Gasteiger partial charge on any atom is 0.536 e. The van der Waals surface area contributed by atoms with Crippen molar-refractivity contribution in [1.82, 2.24) is 5.06 Å². The Morgan fingerprint density at radius 1 is 1.44 bits per heavy atom. The Morgan fingerprint density at radius 3 is 2.50 bits per heavy atom. The van der Waals surface area contributed by atoms with Gasteiger partial charge in [-0.05, 0) is 6.42 Å². The number of carbonyl (C=O) groups excluding carboxylic acids is 3. The van der Waals surface area contributed by atoms with Crippen LogP contribution in [0.15, 0.2) is 0 Å². The highest BCUT2D eigenvalue weighted by atomic mass is 19.1. The average Bonchev–Trinajstić information content (AvgIpc) is 2.49. The van der Waals surface area contributed by atoms with Crippen LogP contribution in [0, 0.1) is 0 Å². The number of alkyl halides is 1. The third-order valence-electron chi connectivity index (χ3n) is 1.91. The molecule has 0 radical (unpaired) electrons. The van der Waals surface area contributed by atoms with Crippen LogP contribution in [0.25, 0.3) is 0 Å². The van der Waals surface area contributed by atoms with Crippen molar-refractivity contribution in [2.24, 2.45) is 0 Å². The zero-order valence-corrected chi connectivity index (χ0v) is 8.77. The molecule has 1 aliphatic rings. The molecular formula is C9H12FNO5. The SMILES string of the molecule is CCCC(F)OC(=O)ON1C(=O)CCC1=O. The third-order valence-corrected chi connectivity index (χ3v) is 1.91. The minimum Gasteiger partial charge on any atom is -0.398 e. The Bertz CT molecular complexity index is 290. The van der Waals surface area contributed by atoms with E-state index >= 15 is 0 Å². The van der Waals surface area contributed by atoms with Gasteiger partial charge in [0, 0.05) is 19.3 Å². The molecule has 7 heteroatoms. The summed E-state index contributed by atoms with van der Waals surface area (Å²) in [6.07, 6.45) is -2.66. The van der Waals surface area contributed by atoms with E-state index in [1.54, 1.807) is 6.92 Å². The molecule has 90 valence electrons. The molecule has 0 aromatic heterocycles. The summed E-state index contributed by atoms with van der Waals surface area (Å²) >= 11 is 0. The van der Waals surface area contributed by atoms with E-state index in [-0.39, 0.29) is 19.3 Å². The molecule has 0 aromatic rings. The van der Waals surface area contributed by atoms with Gasteiger partial charge in [0.15, 0.2) is 0 Å². The summed E-state index contributed by atoms with van der Waals surface area (Å²) in [4.78, 5) is 37.3. The number of hydrogen-bond acceptors (Lipinski definition) is 5. The Hall–Kier alpha value is -1.66. The second-order valence-corrected chi connectivity index (χ2v) is 3.24. The molecule has 6 nitrogen and oxygen atoms in total. The van der Waals surface area contributed by atoms with Crippen molar-refractivity contribution in [3.63, 3.8) is 0 Å². The molecule has 1 unspecified atom stereocenters. The van der Waals surface area contributed by atoms with Crippen LogP contribution in [0.5, 0.6) is 0 Å². The molecule has 0 bridgehead atoms. The fourth-order valence-electron chi connectivity index (χ4n) is 1.14. The first-order valence-corrected chi connectivity index (χ1v) is 4.93. The van der Waals surface area contributed by atoms with E-state index in [4.69, 9.17) is 0 Å². The van der Waals surface area contributed by atoms with Crippen molar-refractivity contribution in [2.45, 2.75) is 39.0 Å². The largest absolute Gasteiger partial charge is 0.536 e. The topological polar surface area (TPSA) is 72.9 Å². The highest BCUT2D eigenvalue weighted by Crippen LogP contribution is 2.13. The van der Waals surface area contributed by atoms with Gasteiger partial charge in [-0.2, -0.15) is 0 Å². The number of rotatable bonds is 4. The second kappa shape index (κ2) is 5.43. The summed E-state index contributed by atoms with van der Waals surface area (Å²) in [6, 6.07) is 0. The molecule has 1 atom stereocenters. The minimum atomic E-state index is -1.79. The van der Waals surface area contributed by atoms with Gasteiger partial charge in [0.2, 0.25) is 6.36 Å². The van der Waals surface area contributed by atoms with Gasteiger partial charge in [-0.3, -0.25) is 14.4 Å². The van der Waals surface area contributed by atoms with Gasteiger partial charge in [0.1, 0.15) is 0 Å². The monoisotopic (exact) mass is 233 g/mol. The molecular weight excluding hydrogens is 221 g/mol. The number of halogens is 1. The molecule has 0 aromatic carbocycles. The quantitative estimate of drug-likeness (QED) is 0.540. The zero-order valence-electron chi connectivity index (χ0n) is 8.77. The summed E-state index contributed by atoms with van der Waals surface area (Å²) in [5, 5.41) is 0.307. The van der Waals surface area contributed by atoms with Gasteiger partial charge in [-0.25, -0.2) is 9.18 Å². The van der Waals surface area contributed by atoms with Crippen LogP contribution in [-0.4, -0.2) is 29.4 Å². The lowest BCUT2D eigenvalue weighted by Crippen LogP contribution is -2.33. The highest BCUT2D eigenvalue weighted by Gasteiger charge is 2.33. The Labute approximate surface area is 91.2 Å². The summed E-state index contributed by atoms with van der Waals surface area (Å²) < 4.78 is 17.0. The van der Waals surface area contributed by atoms with Crippen LogP contribution in [0.2, 0.25) is 0 Å². The fraction of sp³-hybridized carbons (Fsp3) is 0.667. The number of carbonyl (C=O) groups is 3. The molecule has 2 amide bonds. The van der Waals surface area contributed by atoms with E-state index in [9.17, 15) is 18.8 Å². The standard InChI is InChI=1S/C9H12FNO5/c1-2-3-6(10)15-9(14)16-11-7(12)4-5-8(11)13/h6H,2-5H2,1H3. The van der Waals surface area contributed by atoms with Crippen LogP contribution in [0.4, 0.5) is 9.18 Å². The van der Waals surface area contributed by atoms with Gasteiger partial charge >= 0.3 is 6.16 Å². The smallest absolute Gasteiger partial charge is 0.398 e. The van der Waals surface area contributed by atoms with Crippen LogP contribution in [-0.2, 0) is 19.2 Å². The number of hydrogen-bond donors (Lipinski definition) is 0.